The Hall–Kier alpha value is -2.11. The second-order valence-corrected chi connectivity index (χ2v) is 3.48. The molecule has 90 valence electrons. The smallest absolute Gasteiger partial charge is 0.347 e. The zero-order chi connectivity index (χ0) is 12.4. The lowest BCUT2D eigenvalue weighted by Gasteiger charge is -2.12. The summed E-state index contributed by atoms with van der Waals surface area (Å²) in [6.07, 6.45) is -0.656. The van der Waals surface area contributed by atoms with Gasteiger partial charge in [-0.2, -0.15) is 0 Å². The minimum absolute atomic E-state index is 0.195. The van der Waals surface area contributed by atoms with E-state index in [1.54, 1.807) is 0 Å². The van der Waals surface area contributed by atoms with Gasteiger partial charge in [0.2, 0.25) is 0 Å². The molecule has 1 aliphatic heterocycles. The lowest BCUT2D eigenvalue weighted by molar-refractivity contribution is -0.143. The lowest BCUT2D eigenvalue weighted by Crippen LogP contribution is -2.23. The van der Waals surface area contributed by atoms with Crippen LogP contribution in [0.3, 0.4) is 0 Å². The van der Waals surface area contributed by atoms with Gasteiger partial charge in [0.25, 0.3) is 0 Å². The van der Waals surface area contributed by atoms with E-state index in [-0.39, 0.29) is 18.6 Å². The molecule has 0 aliphatic carbocycles. The fourth-order valence-corrected chi connectivity index (χ4v) is 1.52. The van der Waals surface area contributed by atoms with Crippen molar-refractivity contribution in [3.05, 3.63) is 29.6 Å². The molecule has 1 saturated heterocycles. The number of carbonyl (C=O) groups is 2. The number of cyclic esters (lactones) is 1. The van der Waals surface area contributed by atoms with Crippen molar-refractivity contribution < 1.29 is 28.6 Å². The van der Waals surface area contributed by atoms with Gasteiger partial charge < -0.3 is 14.6 Å². The Kier molecular flexibility index (Phi) is 2.95. The normalized spacial score (nSPS) is 18.9. The Balaban J connectivity index is 2.31. The maximum atomic E-state index is 13.5. The van der Waals surface area contributed by atoms with E-state index in [2.05, 4.69) is 4.74 Å². The molecule has 5 nitrogen and oxygen atoms in total. The van der Waals surface area contributed by atoms with Crippen molar-refractivity contribution >= 4 is 11.9 Å². The summed E-state index contributed by atoms with van der Waals surface area (Å²) in [5, 5.41) is 8.87. The highest BCUT2D eigenvalue weighted by Crippen LogP contribution is 2.26. The summed E-state index contributed by atoms with van der Waals surface area (Å²) >= 11 is 0. The fraction of sp³-hybridized carbons (Fsp3) is 0.273. The van der Waals surface area contributed by atoms with E-state index in [1.807, 2.05) is 0 Å². The summed E-state index contributed by atoms with van der Waals surface area (Å²) in [4.78, 5) is 22.0. The second kappa shape index (κ2) is 4.40. The summed E-state index contributed by atoms with van der Waals surface area (Å²) in [7, 11) is 0. The van der Waals surface area contributed by atoms with Crippen molar-refractivity contribution in [1.82, 2.24) is 0 Å². The van der Waals surface area contributed by atoms with Crippen molar-refractivity contribution in [3.63, 3.8) is 0 Å². The average molecular weight is 240 g/mol. The predicted octanol–water partition coefficient (Wildman–Crippen LogP) is 1.22. The molecule has 1 fully saturated rings. The number of halogens is 1. The molecule has 1 aromatic rings. The van der Waals surface area contributed by atoms with Crippen LogP contribution in [-0.2, 0) is 9.53 Å². The van der Waals surface area contributed by atoms with Crippen LogP contribution in [0.1, 0.15) is 16.8 Å². The number of rotatable bonds is 3. The first-order valence-corrected chi connectivity index (χ1v) is 4.94. The molecule has 0 saturated carbocycles. The van der Waals surface area contributed by atoms with Crippen molar-refractivity contribution in [2.75, 3.05) is 6.61 Å². The number of hydrogen-bond donors (Lipinski definition) is 1. The van der Waals surface area contributed by atoms with Crippen molar-refractivity contribution in [3.8, 4) is 5.75 Å². The highest BCUT2D eigenvalue weighted by Gasteiger charge is 2.30. The summed E-state index contributed by atoms with van der Waals surface area (Å²) in [5.41, 5.74) is -0.315. The standard InChI is InChI=1S/C11H9FO5/c12-7-3-1-2-6(10(13)14)9(7)17-8-4-5-16-11(8)15/h1-3,8H,4-5H2,(H,13,14). The molecule has 0 spiro atoms. The summed E-state index contributed by atoms with van der Waals surface area (Å²) in [6, 6.07) is 3.54. The zero-order valence-corrected chi connectivity index (χ0v) is 8.68. The van der Waals surface area contributed by atoms with Gasteiger partial charge in [-0.05, 0) is 12.1 Å². The largest absolute Gasteiger partial charge is 0.478 e. The lowest BCUT2D eigenvalue weighted by atomic mass is 10.2. The van der Waals surface area contributed by atoms with E-state index >= 15 is 0 Å². The predicted molar refractivity (Wildman–Crippen MR) is 53.4 cm³/mol. The van der Waals surface area contributed by atoms with Crippen LogP contribution in [0.25, 0.3) is 0 Å². The van der Waals surface area contributed by atoms with Gasteiger partial charge in [0.1, 0.15) is 5.56 Å². The van der Waals surface area contributed by atoms with E-state index in [4.69, 9.17) is 9.84 Å². The molecule has 1 unspecified atom stereocenters. The first-order valence-electron chi connectivity index (χ1n) is 4.94. The molecular formula is C11H9FO5. The van der Waals surface area contributed by atoms with Gasteiger partial charge in [-0.1, -0.05) is 6.07 Å². The number of aromatic carboxylic acids is 1. The fourth-order valence-electron chi connectivity index (χ4n) is 1.52. The van der Waals surface area contributed by atoms with E-state index in [0.29, 0.717) is 0 Å². The highest BCUT2D eigenvalue weighted by atomic mass is 19.1. The monoisotopic (exact) mass is 240 g/mol. The van der Waals surface area contributed by atoms with E-state index in [1.165, 1.54) is 12.1 Å². The molecule has 17 heavy (non-hydrogen) atoms. The number of para-hydroxylation sites is 1. The van der Waals surface area contributed by atoms with E-state index < -0.39 is 29.6 Å². The summed E-state index contributed by atoms with van der Waals surface area (Å²) in [6.45, 7) is 0.195. The van der Waals surface area contributed by atoms with Crippen LogP contribution in [-0.4, -0.2) is 29.8 Å². The first kappa shape index (κ1) is 11.4. The van der Waals surface area contributed by atoms with Gasteiger partial charge in [0.15, 0.2) is 17.7 Å². The van der Waals surface area contributed by atoms with Gasteiger partial charge in [0, 0.05) is 6.42 Å². The van der Waals surface area contributed by atoms with Crippen LogP contribution in [0.4, 0.5) is 4.39 Å². The third-order valence-corrected chi connectivity index (χ3v) is 2.34. The Labute approximate surface area is 95.8 Å². The van der Waals surface area contributed by atoms with Crippen molar-refractivity contribution in [2.45, 2.75) is 12.5 Å². The number of hydrogen-bond acceptors (Lipinski definition) is 4. The van der Waals surface area contributed by atoms with Gasteiger partial charge in [-0.3, -0.25) is 0 Å². The zero-order valence-electron chi connectivity index (χ0n) is 8.68. The summed E-state index contributed by atoms with van der Waals surface area (Å²) in [5.74, 6) is -3.16. The van der Waals surface area contributed by atoms with Gasteiger partial charge in [-0.15, -0.1) is 0 Å². The topological polar surface area (TPSA) is 72.8 Å². The number of benzene rings is 1. The first-order chi connectivity index (χ1) is 8.09. The Bertz CT molecular complexity index is 471. The Morgan fingerprint density at radius 3 is 2.88 bits per heavy atom. The van der Waals surface area contributed by atoms with Crippen molar-refractivity contribution in [2.24, 2.45) is 0 Å². The third kappa shape index (κ3) is 2.20. The Morgan fingerprint density at radius 2 is 2.29 bits per heavy atom. The third-order valence-electron chi connectivity index (χ3n) is 2.34. The molecule has 1 aliphatic rings. The Morgan fingerprint density at radius 1 is 1.53 bits per heavy atom. The molecule has 0 radical (unpaired) electrons. The maximum Gasteiger partial charge on any atom is 0.347 e. The summed E-state index contributed by atoms with van der Waals surface area (Å²) < 4.78 is 23.2. The number of esters is 1. The molecule has 0 aromatic heterocycles. The number of carboxylic acids is 1. The highest BCUT2D eigenvalue weighted by molar-refractivity contribution is 5.91. The minimum Gasteiger partial charge on any atom is -0.478 e. The molecule has 1 aromatic carbocycles. The van der Waals surface area contributed by atoms with Gasteiger partial charge in [0.05, 0.1) is 6.61 Å². The van der Waals surface area contributed by atoms with E-state index in [0.717, 1.165) is 6.07 Å². The van der Waals surface area contributed by atoms with Crippen molar-refractivity contribution in [1.29, 1.82) is 0 Å². The molecule has 1 atom stereocenters. The van der Waals surface area contributed by atoms with Gasteiger partial charge in [-0.25, -0.2) is 14.0 Å². The SMILES string of the molecule is O=C(O)c1cccc(F)c1OC1CCOC1=O. The average Bonchev–Trinajstić information content (AvgIpc) is 2.67. The molecule has 1 heterocycles. The molecular weight excluding hydrogens is 231 g/mol. The number of carbonyl (C=O) groups excluding carboxylic acids is 1. The quantitative estimate of drug-likeness (QED) is 0.804. The van der Waals surface area contributed by atoms with Crippen LogP contribution in [0.5, 0.6) is 5.75 Å². The van der Waals surface area contributed by atoms with Gasteiger partial charge >= 0.3 is 11.9 Å². The second-order valence-electron chi connectivity index (χ2n) is 3.48. The maximum absolute atomic E-state index is 13.5. The van der Waals surface area contributed by atoms with Crippen LogP contribution < -0.4 is 4.74 Å². The minimum atomic E-state index is -1.31. The van der Waals surface area contributed by atoms with E-state index in [9.17, 15) is 14.0 Å². The molecule has 1 N–H and O–H groups in total. The molecule has 6 heteroatoms. The number of ether oxygens (including phenoxy) is 2. The van der Waals surface area contributed by atoms with Crippen LogP contribution in [0.2, 0.25) is 0 Å². The van der Waals surface area contributed by atoms with Crippen LogP contribution in [0, 0.1) is 5.82 Å². The molecule has 0 bridgehead atoms. The molecule has 2 rings (SSSR count). The van der Waals surface area contributed by atoms with Crippen LogP contribution >= 0.6 is 0 Å². The molecule has 0 amide bonds. The number of carboxylic acid groups (broad SMARTS) is 1. The van der Waals surface area contributed by atoms with Crippen LogP contribution in [0.15, 0.2) is 18.2 Å².